The summed E-state index contributed by atoms with van der Waals surface area (Å²) in [5.41, 5.74) is 2.29. The van der Waals surface area contributed by atoms with Gasteiger partial charge in [-0.3, -0.25) is 0 Å². The first kappa shape index (κ1) is 37.3. The molecule has 2 rings (SSSR count). The minimum atomic E-state index is -4.34. The van der Waals surface area contributed by atoms with Gasteiger partial charge >= 0.3 is 59.1 Å². The first-order valence-corrected chi connectivity index (χ1v) is 15.8. The van der Waals surface area contributed by atoms with E-state index >= 15 is 0 Å². The molecule has 194 valence electrons. The molecule has 37 heavy (non-hydrogen) atoms. The molecule has 0 aliphatic heterocycles. The predicted molar refractivity (Wildman–Crippen MR) is 140 cm³/mol. The third-order valence-electron chi connectivity index (χ3n) is 5.37. The minimum absolute atomic E-state index is 0. The zero-order valence-electron chi connectivity index (χ0n) is 21.4. The number of thioether (sulfide) groups is 2. The Bertz CT molecular complexity index is 1280. The Morgan fingerprint density at radius 3 is 2.00 bits per heavy atom. The van der Waals surface area contributed by atoms with Crippen molar-refractivity contribution in [3.05, 3.63) is 65.2 Å². The van der Waals surface area contributed by atoms with Gasteiger partial charge in [0.05, 0.1) is 20.2 Å². The SMILES string of the molecule is C=C(SCCS(=O)(=O)[O-])c1cc(C(C)(C)c2ccc(O)c(CSCCCS(=O)(=O)[O-])c2)ccc1O.[Na+].[Na+]. The van der Waals surface area contributed by atoms with Crippen LogP contribution in [0.2, 0.25) is 0 Å². The summed E-state index contributed by atoms with van der Waals surface area (Å²) < 4.78 is 64.7. The summed E-state index contributed by atoms with van der Waals surface area (Å²) in [6.07, 6.45) is 0.237. The predicted octanol–water partition coefficient (Wildman–Crippen LogP) is -2.15. The number of phenols is 2. The van der Waals surface area contributed by atoms with Gasteiger partial charge < -0.3 is 19.3 Å². The molecule has 0 amide bonds. The second kappa shape index (κ2) is 15.9. The van der Waals surface area contributed by atoms with Crippen LogP contribution >= 0.6 is 23.5 Å². The third kappa shape index (κ3) is 12.6. The van der Waals surface area contributed by atoms with Crippen LogP contribution in [-0.2, 0) is 31.4 Å². The normalized spacial score (nSPS) is 11.9. The molecule has 0 bridgehead atoms. The van der Waals surface area contributed by atoms with Crippen LogP contribution in [-0.4, -0.2) is 59.2 Å². The quantitative estimate of drug-likeness (QED) is 0.147. The number of phenolic OH excluding ortho intramolecular Hbond substituents is 2. The molecule has 8 nitrogen and oxygen atoms in total. The van der Waals surface area contributed by atoms with Crippen LogP contribution in [0.1, 0.15) is 42.5 Å². The summed E-state index contributed by atoms with van der Waals surface area (Å²) in [7, 11) is -8.58. The van der Waals surface area contributed by atoms with Crippen molar-refractivity contribution in [2.45, 2.75) is 31.4 Å². The minimum Gasteiger partial charge on any atom is -0.748 e. The molecule has 0 aliphatic carbocycles. The van der Waals surface area contributed by atoms with Crippen molar-refractivity contribution in [3.8, 4) is 11.5 Å². The van der Waals surface area contributed by atoms with Crippen LogP contribution in [0.5, 0.6) is 11.5 Å². The van der Waals surface area contributed by atoms with Crippen molar-refractivity contribution in [1.82, 2.24) is 0 Å². The van der Waals surface area contributed by atoms with Crippen LogP contribution in [0.3, 0.4) is 0 Å². The van der Waals surface area contributed by atoms with E-state index in [2.05, 4.69) is 6.58 Å². The fraction of sp³-hybridized carbons (Fsp3) is 0.391. The molecule has 0 aromatic heterocycles. The molecule has 0 spiro atoms. The van der Waals surface area contributed by atoms with E-state index in [1.54, 1.807) is 24.3 Å². The second-order valence-corrected chi connectivity index (χ2v) is 13.7. The van der Waals surface area contributed by atoms with Gasteiger partial charge in [-0.1, -0.05) is 38.6 Å². The van der Waals surface area contributed by atoms with E-state index in [-0.39, 0.29) is 82.8 Å². The number of hydrogen-bond donors (Lipinski definition) is 2. The summed E-state index contributed by atoms with van der Waals surface area (Å²) in [6, 6.07) is 10.3. The molecular formula is C23H28Na2O8S4. The molecule has 0 atom stereocenters. The van der Waals surface area contributed by atoms with Gasteiger partial charge in [-0.05, 0) is 41.5 Å². The van der Waals surface area contributed by atoms with E-state index in [9.17, 15) is 36.2 Å². The standard InChI is InChI=1S/C23H30O8S4.2Na/c1-16(33-10-12-35(29,30)31)20-14-19(6-8-22(20)25)23(2,3)18-5-7-21(24)17(13-18)15-32-9-4-11-34(26,27)28;;/h5-8,13-14,24-25H,1,4,9-12,15H2,2-3H3,(H,26,27,28)(H,29,30,31);;/q;2*+1/p-2. The largest absolute Gasteiger partial charge is 1.00 e. The Labute approximate surface area is 272 Å². The van der Waals surface area contributed by atoms with Crippen molar-refractivity contribution in [1.29, 1.82) is 0 Å². The number of hydrogen-bond acceptors (Lipinski definition) is 10. The fourth-order valence-corrected chi connectivity index (χ4v) is 6.61. The van der Waals surface area contributed by atoms with E-state index in [0.717, 1.165) is 22.9 Å². The van der Waals surface area contributed by atoms with Gasteiger partial charge in [-0.2, -0.15) is 11.8 Å². The Balaban J connectivity index is 0.00000648. The van der Waals surface area contributed by atoms with Gasteiger partial charge in [0.25, 0.3) is 0 Å². The maximum atomic E-state index is 10.8. The molecule has 0 fully saturated rings. The average molecular weight is 607 g/mol. The molecule has 0 unspecified atom stereocenters. The number of benzene rings is 2. The van der Waals surface area contributed by atoms with Crippen LogP contribution < -0.4 is 59.1 Å². The van der Waals surface area contributed by atoms with Gasteiger partial charge in [0.2, 0.25) is 0 Å². The number of rotatable bonds is 13. The van der Waals surface area contributed by atoms with Gasteiger partial charge in [0, 0.05) is 44.5 Å². The Morgan fingerprint density at radius 2 is 1.43 bits per heavy atom. The maximum absolute atomic E-state index is 10.8. The smallest absolute Gasteiger partial charge is 0.748 e. The third-order valence-corrected chi connectivity index (χ3v) is 9.19. The molecular weight excluding hydrogens is 578 g/mol. The van der Waals surface area contributed by atoms with E-state index in [1.807, 2.05) is 19.9 Å². The first-order chi connectivity index (χ1) is 16.1. The van der Waals surface area contributed by atoms with Crippen molar-refractivity contribution >= 4 is 48.7 Å². The van der Waals surface area contributed by atoms with E-state index in [1.165, 1.54) is 17.8 Å². The summed E-state index contributed by atoms with van der Waals surface area (Å²) in [5, 5.41) is 20.6. The average Bonchev–Trinajstić information content (AvgIpc) is 2.73. The van der Waals surface area contributed by atoms with Gasteiger partial charge in [-0.25, -0.2) is 16.8 Å². The van der Waals surface area contributed by atoms with E-state index < -0.39 is 37.2 Å². The topological polar surface area (TPSA) is 155 Å². The molecule has 0 aliphatic rings. The van der Waals surface area contributed by atoms with Crippen LogP contribution in [0.4, 0.5) is 0 Å². The zero-order chi connectivity index (χ0) is 26.4. The van der Waals surface area contributed by atoms with Crippen LogP contribution in [0, 0.1) is 0 Å². The van der Waals surface area contributed by atoms with Crippen molar-refractivity contribution < 1.29 is 95.3 Å². The van der Waals surface area contributed by atoms with E-state index in [4.69, 9.17) is 0 Å². The van der Waals surface area contributed by atoms with Crippen LogP contribution in [0.15, 0.2) is 43.0 Å². The molecule has 2 N–H and O–H groups in total. The van der Waals surface area contributed by atoms with Crippen LogP contribution in [0.25, 0.3) is 4.91 Å². The van der Waals surface area contributed by atoms with Gasteiger partial charge in [-0.15, -0.1) is 11.8 Å². The molecule has 0 saturated carbocycles. The summed E-state index contributed by atoms with van der Waals surface area (Å²) >= 11 is 2.50. The van der Waals surface area contributed by atoms with Crippen molar-refractivity contribution in [3.63, 3.8) is 0 Å². The first-order valence-electron chi connectivity index (χ1n) is 10.5. The van der Waals surface area contributed by atoms with E-state index in [0.29, 0.717) is 27.5 Å². The van der Waals surface area contributed by atoms with Gasteiger partial charge in [0.15, 0.2) is 0 Å². The Morgan fingerprint density at radius 1 is 0.892 bits per heavy atom. The maximum Gasteiger partial charge on any atom is 1.00 e. The zero-order valence-corrected chi connectivity index (χ0v) is 28.7. The fourth-order valence-electron chi connectivity index (χ4n) is 3.27. The summed E-state index contributed by atoms with van der Waals surface area (Å²) in [5.74, 6) is 0.0574. The van der Waals surface area contributed by atoms with Crippen molar-refractivity contribution in [2.75, 3.05) is 23.0 Å². The molecule has 0 radical (unpaired) electrons. The molecule has 0 saturated heterocycles. The van der Waals surface area contributed by atoms with Crippen molar-refractivity contribution in [2.24, 2.45) is 0 Å². The summed E-state index contributed by atoms with van der Waals surface area (Å²) in [6.45, 7) is 7.86. The molecule has 2 aromatic rings. The van der Waals surface area contributed by atoms with Gasteiger partial charge in [0.1, 0.15) is 11.5 Å². The molecule has 2 aromatic carbocycles. The Hall–Kier alpha value is 0.300. The summed E-state index contributed by atoms with van der Waals surface area (Å²) in [4.78, 5) is 0.437. The monoisotopic (exact) mass is 606 g/mol. The second-order valence-electron chi connectivity index (χ2n) is 8.40. The Kier molecular flexibility index (Phi) is 16.1. The molecule has 0 heterocycles. The number of aromatic hydroxyl groups is 2. The molecule has 14 heteroatoms.